The SMILES string of the molecule is S=C(NC1CC1)N[C@H](c1ccccc1)c1ccc(Cl)cc1. The van der Waals surface area contributed by atoms with Crippen molar-refractivity contribution in [1.82, 2.24) is 10.6 Å². The predicted molar refractivity (Wildman–Crippen MR) is 91.6 cm³/mol. The van der Waals surface area contributed by atoms with Gasteiger partial charge in [-0.15, -0.1) is 0 Å². The van der Waals surface area contributed by atoms with Gasteiger partial charge in [0.25, 0.3) is 0 Å². The van der Waals surface area contributed by atoms with Gasteiger partial charge in [0.05, 0.1) is 6.04 Å². The van der Waals surface area contributed by atoms with Gasteiger partial charge in [-0.3, -0.25) is 0 Å². The molecule has 0 unspecified atom stereocenters. The molecular weight excluding hydrogens is 300 g/mol. The van der Waals surface area contributed by atoms with Crippen LogP contribution in [0.2, 0.25) is 5.02 Å². The summed E-state index contributed by atoms with van der Waals surface area (Å²) in [6.07, 6.45) is 2.41. The van der Waals surface area contributed by atoms with Gasteiger partial charge in [0.2, 0.25) is 0 Å². The van der Waals surface area contributed by atoms with Crippen LogP contribution in [0.15, 0.2) is 54.6 Å². The maximum atomic E-state index is 5.99. The van der Waals surface area contributed by atoms with Crippen LogP contribution >= 0.6 is 23.8 Å². The number of halogens is 1. The highest BCUT2D eigenvalue weighted by Crippen LogP contribution is 2.24. The Morgan fingerprint density at radius 3 is 2.24 bits per heavy atom. The Balaban J connectivity index is 1.83. The molecule has 108 valence electrons. The largest absolute Gasteiger partial charge is 0.360 e. The summed E-state index contributed by atoms with van der Waals surface area (Å²) in [5.74, 6) is 0. The molecular formula is C17H17ClN2S. The van der Waals surface area contributed by atoms with Gasteiger partial charge in [-0.05, 0) is 48.3 Å². The van der Waals surface area contributed by atoms with E-state index in [0.29, 0.717) is 11.2 Å². The van der Waals surface area contributed by atoms with Crippen molar-refractivity contribution in [2.45, 2.75) is 24.9 Å². The molecule has 0 aromatic heterocycles. The van der Waals surface area contributed by atoms with E-state index in [1.54, 1.807) is 0 Å². The van der Waals surface area contributed by atoms with Crippen molar-refractivity contribution in [3.8, 4) is 0 Å². The second-order valence-corrected chi connectivity index (χ2v) is 6.13. The van der Waals surface area contributed by atoms with Crippen LogP contribution in [0.1, 0.15) is 30.0 Å². The first kappa shape index (κ1) is 14.4. The Hall–Kier alpha value is -1.58. The minimum Gasteiger partial charge on any atom is -0.360 e. The molecule has 0 heterocycles. The summed E-state index contributed by atoms with van der Waals surface area (Å²) >= 11 is 11.4. The van der Waals surface area contributed by atoms with Crippen molar-refractivity contribution in [2.24, 2.45) is 0 Å². The lowest BCUT2D eigenvalue weighted by molar-refractivity contribution is 0.734. The molecule has 0 spiro atoms. The molecule has 1 aliphatic rings. The first-order chi connectivity index (χ1) is 10.2. The van der Waals surface area contributed by atoms with Gasteiger partial charge in [-0.2, -0.15) is 0 Å². The van der Waals surface area contributed by atoms with Gasteiger partial charge < -0.3 is 10.6 Å². The summed E-state index contributed by atoms with van der Waals surface area (Å²) < 4.78 is 0. The van der Waals surface area contributed by atoms with E-state index in [2.05, 4.69) is 22.8 Å². The second-order valence-electron chi connectivity index (χ2n) is 5.29. The van der Waals surface area contributed by atoms with Crippen LogP contribution in [0, 0.1) is 0 Å². The van der Waals surface area contributed by atoms with Gasteiger partial charge in [0, 0.05) is 11.1 Å². The van der Waals surface area contributed by atoms with Crippen molar-refractivity contribution < 1.29 is 0 Å². The Bertz CT molecular complexity index is 608. The van der Waals surface area contributed by atoms with E-state index < -0.39 is 0 Å². The van der Waals surface area contributed by atoms with E-state index in [1.165, 1.54) is 18.4 Å². The summed E-state index contributed by atoms with van der Waals surface area (Å²) in [7, 11) is 0. The lowest BCUT2D eigenvalue weighted by atomic mass is 9.99. The number of nitrogens with one attached hydrogen (secondary N) is 2. The molecule has 1 fully saturated rings. The first-order valence-electron chi connectivity index (χ1n) is 7.10. The Morgan fingerprint density at radius 1 is 1.00 bits per heavy atom. The molecule has 2 nitrogen and oxygen atoms in total. The topological polar surface area (TPSA) is 24.1 Å². The fourth-order valence-corrected chi connectivity index (χ4v) is 2.66. The molecule has 0 radical (unpaired) electrons. The zero-order valence-electron chi connectivity index (χ0n) is 11.6. The van der Waals surface area contributed by atoms with Crippen LogP contribution in [-0.2, 0) is 0 Å². The Morgan fingerprint density at radius 2 is 1.62 bits per heavy atom. The minimum atomic E-state index is 0.0298. The standard InChI is InChI=1S/C17H17ClN2S/c18-14-8-6-13(7-9-14)16(12-4-2-1-3-5-12)20-17(21)19-15-10-11-15/h1-9,15-16H,10-11H2,(H2,19,20,21)/t16-/m1/s1. The van der Waals surface area contributed by atoms with Crippen LogP contribution in [0.3, 0.4) is 0 Å². The zero-order valence-corrected chi connectivity index (χ0v) is 13.1. The van der Waals surface area contributed by atoms with Crippen LogP contribution < -0.4 is 10.6 Å². The molecule has 21 heavy (non-hydrogen) atoms. The first-order valence-corrected chi connectivity index (χ1v) is 7.88. The number of benzene rings is 2. The zero-order chi connectivity index (χ0) is 14.7. The minimum absolute atomic E-state index is 0.0298. The van der Waals surface area contributed by atoms with E-state index in [1.807, 2.05) is 42.5 Å². The van der Waals surface area contributed by atoms with Crippen molar-refractivity contribution in [2.75, 3.05) is 0 Å². The predicted octanol–water partition coefficient (Wildman–Crippen LogP) is 4.06. The maximum Gasteiger partial charge on any atom is 0.167 e. The van der Waals surface area contributed by atoms with E-state index in [9.17, 15) is 0 Å². The van der Waals surface area contributed by atoms with Crippen molar-refractivity contribution >= 4 is 28.9 Å². The average Bonchev–Trinajstić information content (AvgIpc) is 3.31. The molecule has 1 atom stereocenters. The second kappa shape index (κ2) is 6.46. The number of hydrogen-bond acceptors (Lipinski definition) is 1. The quantitative estimate of drug-likeness (QED) is 0.832. The fraction of sp³-hybridized carbons (Fsp3) is 0.235. The molecule has 2 aromatic rings. The van der Waals surface area contributed by atoms with Crippen molar-refractivity contribution in [3.63, 3.8) is 0 Å². The smallest absolute Gasteiger partial charge is 0.167 e. The summed E-state index contributed by atoms with van der Waals surface area (Å²) in [5.41, 5.74) is 2.32. The third-order valence-corrected chi connectivity index (χ3v) is 4.01. The normalized spacial score (nSPS) is 15.3. The summed E-state index contributed by atoms with van der Waals surface area (Å²) in [6.45, 7) is 0. The van der Waals surface area contributed by atoms with Gasteiger partial charge >= 0.3 is 0 Å². The lowest BCUT2D eigenvalue weighted by Gasteiger charge is -2.22. The summed E-state index contributed by atoms with van der Waals surface area (Å²) in [5, 5.41) is 8.20. The summed E-state index contributed by atoms with van der Waals surface area (Å²) in [4.78, 5) is 0. The molecule has 1 saturated carbocycles. The Kier molecular flexibility index (Phi) is 4.42. The number of hydrogen-bond donors (Lipinski definition) is 2. The van der Waals surface area contributed by atoms with Crippen molar-refractivity contribution in [3.05, 3.63) is 70.7 Å². The molecule has 0 saturated heterocycles. The van der Waals surface area contributed by atoms with Crippen LogP contribution in [0.4, 0.5) is 0 Å². The number of rotatable bonds is 4. The van der Waals surface area contributed by atoms with E-state index in [-0.39, 0.29) is 6.04 Å². The van der Waals surface area contributed by atoms with E-state index in [0.717, 1.165) is 10.6 Å². The van der Waals surface area contributed by atoms with Gasteiger partial charge in [-0.1, -0.05) is 54.1 Å². The highest BCUT2D eigenvalue weighted by atomic mass is 35.5. The molecule has 2 N–H and O–H groups in total. The van der Waals surface area contributed by atoms with Crippen molar-refractivity contribution in [1.29, 1.82) is 0 Å². The fourth-order valence-electron chi connectivity index (χ4n) is 2.25. The molecule has 1 aliphatic carbocycles. The van der Waals surface area contributed by atoms with Crippen LogP contribution in [-0.4, -0.2) is 11.2 Å². The van der Waals surface area contributed by atoms with E-state index >= 15 is 0 Å². The third kappa shape index (κ3) is 3.96. The molecule has 3 rings (SSSR count). The number of thiocarbonyl (C=S) groups is 1. The highest BCUT2D eigenvalue weighted by molar-refractivity contribution is 7.80. The highest BCUT2D eigenvalue weighted by Gasteiger charge is 2.23. The molecule has 2 aromatic carbocycles. The molecule has 0 bridgehead atoms. The van der Waals surface area contributed by atoms with Crippen LogP contribution in [0.5, 0.6) is 0 Å². The molecule has 0 aliphatic heterocycles. The Labute approximate surface area is 135 Å². The molecule has 0 amide bonds. The van der Waals surface area contributed by atoms with Gasteiger partial charge in [-0.25, -0.2) is 0 Å². The summed E-state index contributed by atoms with van der Waals surface area (Å²) in [6, 6.07) is 18.8. The molecule has 4 heteroatoms. The lowest BCUT2D eigenvalue weighted by Crippen LogP contribution is -2.39. The average molecular weight is 317 g/mol. The third-order valence-electron chi connectivity index (χ3n) is 3.52. The van der Waals surface area contributed by atoms with Gasteiger partial charge in [0.1, 0.15) is 0 Å². The van der Waals surface area contributed by atoms with E-state index in [4.69, 9.17) is 23.8 Å². The van der Waals surface area contributed by atoms with Gasteiger partial charge in [0.15, 0.2) is 5.11 Å². The monoisotopic (exact) mass is 316 g/mol. The maximum absolute atomic E-state index is 5.99. The van der Waals surface area contributed by atoms with Crippen LogP contribution in [0.25, 0.3) is 0 Å².